The number of fused-ring (bicyclic) bond motifs is 1. The highest BCUT2D eigenvalue weighted by Gasteiger charge is 2.20. The van der Waals surface area contributed by atoms with E-state index in [0.29, 0.717) is 5.56 Å². The van der Waals surface area contributed by atoms with Crippen LogP contribution in [0.1, 0.15) is 5.56 Å². The van der Waals surface area contributed by atoms with Gasteiger partial charge >= 0.3 is 5.69 Å². The monoisotopic (exact) mass is 339 g/mol. The molecule has 1 aromatic carbocycles. The van der Waals surface area contributed by atoms with Gasteiger partial charge in [0, 0.05) is 12.6 Å². The van der Waals surface area contributed by atoms with Gasteiger partial charge in [0.2, 0.25) is 0 Å². The van der Waals surface area contributed by atoms with E-state index in [1.54, 1.807) is 0 Å². The van der Waals surface area contributed by atoms with Gasteiger partial charge < -0.3 is 15.6 Å². The van der Waals surface area contributed by atoms with Crippen molar-refractivity contribution >= 4 is 16.9 Å². The number of nitrogens with one attached hydrogen (secondary N) is 1. The molecule has 0 bridgehead atoms. The first kappa shape index (κ1) is 16.1. The molecule has 0 aliphatic rings. The topological polar surface area (TPSA) is 147 Å². The summed E-state index contributed by atoms with van der Waals surface area (Å²) in [5.41, 5.74) is 5.18. The minimum atomic E-state index is -0.691. The molecular weight excluding hydrogens is 326 g/mol. The number of benzene rings is 1. The Bertz CT molecular complexity index is 1170. The molecule has 0 unspecified atom stereocenters. The summed E-state index contributed by atoms with van der Waals surface area (Å²) < 4.78 is 6.21. The van der Waals surface area contributed by atoms with Gasteiger partial charge in [-0.3, -0.25) is 14.3 Å². The Morgan fingerprint density at radius 2 is 2.12 bits per heavy atom. The van der Waals surface area contributed by atoms with Crippen LogP contribution in [0.4, 0.5) is 5.82 Å². The number of aromatic nitrogens is 3. The van der Waals surface area contributed by atoms with Crippen LogP contribution in [0.2, 0.25) is 0 Å². The quantitative estimate of drug-likeness (QED) is 0.614. The number of aromatic amines is 1. The average Bonchev–Trinajstić information content (AvgIpc) is 2.59. The summed E-state index contributed by atoms with van der Waals surface area (Å²) in [5, 5.41) is 19.3. The molecule has 0 aliphatic carbocycles. The number of nitrogens with zero attached hydrogens (tertiary/aromatic N) is 3. The Kier molecular flexibility index (Phi) is 3.65. The number of nitrogens with two attached hydrogens (primary N) is 1. The number of phenolic OH excluding ortho intramolecular Hbond substituents is 1. The van der Waals surface area contributed by atoms with Gasteiger partial charge in [0.25, 0.3) is 5.56 Å². The maximum Gasteiger partial charge on any atom is 0.329 e. The van der Waals surface area contributed by atoms with Crippen molar-refractivity contribution in [1.29, 1.82) is 5.26 Å². The van der Waals surface area contributed by atoms with Crippen LogP contribution in [0, 0.1) is 11.3 Å². The number of rotatable bonds is 2. The zero-order chi connectivity index (χ0) is 18.3. The predicted octanol–water partition coefficient (Wildman–Crippen LogP) is 0.457. The Morgan fingerprint density at radius 3 is 2.76 bits per heavy atom. The van der Waals surface area contributed by atoms with Crippen molar-refractivity contribution < 1.29 is 9.84 Å². The van der Waals surface area contributed by atoms with Gasteiger partial charge in [0.15, 0.2) is 17.1 Å². The number of methoxy groups -OCH3 is 1. The molecule has 0 saturated heterocycles. The molecule has 2 heterocycles. The summed E-state index contributed by atoms with van der Waals surface area (Å²) in [4.78, 5) is 30.4. The number of aromatic hydroxyl groups is 1. The Morgan fingerprint density at radius 1 is 1.40 bits per heavy atom. The maximum absolute atomic E-state index is 12.4. The van der Waals surface area contributed by atoms with E-state index in [1.807, 2.05) is 6.07 Å². The van der Waals surface area contributed by atoms with Crippen molar-refractivity contribution in [3.8, 4) is 28.7 Å². The second-order valence-electron chi connectivity index (χ2n) is 5.26. The molecule has 25 heavy (non-hydrogen) atoms. The number of aryl methyl sites for hydroxylation is 1. The zero-order valence-electron chi connectivity index (χ0n) is 13.3. The van der Waals surface area contributed by atoms with Crippen LogP contribution in [0.25, 0.3) is 22.2 Å². The molecule has 126 valence electrons. The third-order valence-electron chi connectivity index (χ3n) is 3.86. The predicted molar refractivity (Wildman–Crippen MR) is 90.4 cm³/mol. The minimum Gasteiger partial charge on any atom is -0.504 e. The van der Waals surface area contributed by atoms with Crippen LogP contribution in [-0.2, 0) is 7.05 Å². The SMILES string of the molecule is COc1cc(-c2c(C#N)c(N)nc3c2c(=O)[nH]c(=O)n3C)ccc1O. The van der Waals surface area contributed by atoms with E-state index in [9.17, 15) is 20.0 Å². The van der Waals surface area contributed by atoms with Crippen molar-refractivity contribution in [2.24, 2.45) is 7.05 Å². The van der Waals surface area contributed by atoms with Crippen molar-refractivity contribution in [3.63, 3.8) is 0 Å². The van der Waals surface area contributed by atoms with E-state index in [4.69, 9.17) is 10.5 Å². The van der Waals surface area contributed by atoms with Gasteiger partial charge in [-0.05, 0) is 17.7 Å². The number of anilines is 1. The molecule has 0 atom stereocenters. The third-order valence-corrected chi connectivity index (χ3v) is 3.86. The Labute approximate surface area is 140 Å². The van der Waals surface area contributed by atoms with E-state index >= 15 is 0 Å². The molecule has 2 aromatic heterocycles. The summed E-state index contributed by atoms with van der Waals surface area (Å²) in [5.74, 6) is -0.0544. The highest BCUT2D eigenvalue weighted by atomic mass is 16.5. The number of nitrogen functional groups attached to an aromatic ring is 1. The molecule has 3 rings (SSSR count). The lowest BCUT2D eigenvalue weighted by Crippen LogP contribution is -2.29. The number of hydrogen-bond donors (Lipinski definition) is 3. The number of hydrogen-bond acceptors (Lipinski definition) is 7. The van der Waals surface area contributed by atoms with E-state index < -0.39 is 11.2 Å². The van der Waals surface area contributed by atoms with Crippen molar-refractivity contribution in [1.82, 2.24) is 14.5 Å². The summed E-state index contributed by atoms with van der Waals surface area (Å²) in [6.45, 7) is 0. The first-order valence-corrected chi connectivity index (χ1v) is 7.09. The van der Waals surface area contributed by atoms with E-state index in [1.165, 1.54) is 32.4 Å². The van der Waals surface area contributed by atoms with Gasteiger partial charge in [0.05, 0.1) is 12.5 Å². The molecule has 0 spiro atoms. The summed E-state index contributed by atoms with van der Waals surface area (Å²) in [6.07, 6.45) is 0. The fourth-order valence-corrected chi connectivity index (χ4v) is 2.62. The summed E-state index contributed by atoms with van der Waals surface area (Å²) >= 11 is 0. The second kappa shape index (κ2) is 5.68. The van der Waals surface area contributed by atoms with Crippen LogP contribution < -0.4 is 21.7 Å². The van der Waals surface area contributed by atoms with Crippen molar-refractivity contribution in [2.75, 3.05) is 12.8 Å². The number of phenols is 1. The lowest BCUT2D eigenvalue weighted by Gasteiger charge is -2.13. The lowest BCUT2D eigenvalue weighted by molar-refractivity contribution is 0.373. The van der Waals surface area contributed by atoms with Gasteiger partial charge in [-0.1, -0.05) is 6.07 Å². The Hall–Kier alpha value is -3.80. The minimum absolute atomic E-state index is 0.00982. The smallest absolute Gasteiger partial charge is 0.329 e. The molecule has 0 saturated carbocycles. The first-order valence-electron chi connectivity index (χ1n) is 7.09. The van der Waals surface area contributed by atoms with Crippen LogP contribution >= 0.6 is 0 Å². The highest BCUT2D eigenvalue weighted by molar-refractivity contribution is 5.98. The van der Waals surface area contributed by atoms with Gasteiger partial charge in [-0.2, -0.15) is 5.26 Å². The molecular formula is C16H13N5O4. The normalized spacial score (nSPS) is 10.6. The van der Waals surface area contributed by atoms with E-state index in [0.717, 1.165) is 4.57 Å². The molecule has 3 aromatic rings. The molecule has 9 heteroatoms. The van der Waals surface area contributed by atoms with Crippen LogP contribution in [0.15, 0.2) is 27.8 Å². The van der Waals surface area contributed by atoms with Crippen molar-refractivity contribution in [3.05, 3.63) is 44.6 Å². The summed E-state index contributed by atoms with van der Waals surface area (Å²) in [6, 6.07) is 6.28. The van der Waals surface area contributed by atoms with Gasteiger partial charge in [-0.25, -0.2) is 9.78 Å². The molecule has 0 aliphatic heterocycles. The van der Waals surface area contributed by atoms with Crippen molar-refractivity contribution in [2.45, 2.75) is 0 Å². The summed E-state index contributed by atoms with van der Waals surface area (Å²) in [7, 11) is 2.81. The fraction of sp³-hybridized carbons (Fsp3) is 0.125. The fourth-order valence-electron chi connectivity index (χ4n) is 2.62. The Balaban J connectivity index is 2.58. The number of pyridine rings is 1. The molecule has 9 nitrogen and oxygen atoms in total. The average molecular weight is 339 g/mol. The number of H-pyrrole nitrogens is 1. The number of nitriles is 1. The van der Waals surface area contributed by atoms with E-state index in [2.05, 4.69) is 9.97 Å². The second-order valence-corrected chi connectivity index (χ2v) is 5.26. The zero-order valence-corrected chi connectivity index (χ0v) is 13.3. The van der Waals surface area contributed by atoms with Gasteiger partial charge in [-0.15, -0.1) is 0 Å². The molecule has 4 N–H and O–H groups in total. The molecule has 0 amide bonds. The highest BCUT2D eigenvalue weighted by Crippen LogP contribution is 2.36. The molecule has 0 radical (unpaired) electrons. The van der Waals surface area contributed by atoms with Gasteiger partial charge in [0.1, 0.15) is 17.5 Å². The first-order chi connectivity index (χ1) is 11.9. The number of ether oxygens (including phenoxy) is 1. The van der Waals surface area contributed by atoms with Crippen LogP contribution in [0.3, 0.4) is 0 Å². The van der Waals surface area contributed by atoms with Crippen LogP contribution in [0.5, 0.6) is 11.5 Å². The lowest BCUT2D eigenvalue weighted by atomic mass is 9.97. The largest absolute Gasteiger partial charge is 0.504 e. The van der Waals surface area contributed by atoms with E-state index in [-0.39, 0.29) is 39.5 Å². The third kappa shape index (κ3) is 2.36. The standard InChI is InChI=1S/C16H13N5O4/c1-21-14-12(15(23)20-16(21)24)11(8(6-17)13(18)19-14)7-3-4-9(22)10(5-7)25-2/h3-5,22H,1-2H3,(H2,18,19)(H,20,23,24). The molecule has 0 fully saturated rings. The maximum atomic E-state index is 12.4. The van der Waals surface area contributed by atoms with Crippen LogP contribution in [-0.4, -0.2) is 26.8 Å².